The first kappa shape index (κ1) is 18.1. The highest BCUT2D eigenvalue weighted by Crippen LogP contribution is 2.31. The molecule has 1 aromatic carbocycles. The number of rotatable bonds is 9. The van der Waals surface area contributed by atoms with Crippen LogP contribution in [0, 0.1) is 0 Å². The lowest BCUT2D eigenvalue weighted by atomic mass is 10.1. The number of sulfone groups is 1. The Morgan fingerprint density at radius 3 is 2.52 bits per heavy atom. The zero-order chi connectivity index (χ0) is 15.9. The highest BCUT2D eigenvalue weighted by molar-refractivity contribution is 8.00. The van der Waals surface area contributed by atoms with E-state index in [0.717, 1.165) is 22.8 Å². The van der Waals surface area contributed by atoms with Crippen LogP contribution in [0.25, 0.3) is 0 Å². The highest BCUT2D eigenvalue weighted by Gasteiger charge is 2.16. The summed E-state index contributed by atoms with van der Waals surface area (Å²) in [4.78, 5) is 0. The van der Waals surface area contributed by atoms with Crippen molar-refractivity contribution in [1.82, 2.24) is 5.32 Å². The van der Waals surface area contributed by atoms with Crippen molar-refractivity contribution >= 4 is 21.6 Å². The van der Waals surface area contributed by atoms with Gasteiger partial charge in [-0.25, -0.2) is 8.42 Å². The quantitative estimate of drug-likeness (QED) is 0.695. The Hall–Kier alpha value is -0.920. The van der Waals surface area contributed by atoms with Gasteiger partial charge in [-0.2, -0.15) is 11.8 Å². The molecule has 0 aliphatic carbocycles. The molecule has 1 unspecified atom stereocenters. The second-order valence-electron chi connectivity index (χ2n) is 4.65. The molecule has 1 N–H and O–H groups in total. The normalized spacial score (nSPS) is 13.0. The van der Waals surface area contributed by atoms with E-state index in [1.54, 1.807) is 26.0 Å². The molecule has 7 heteroatoms. The van der Waals surface area contributed by atoms with Crippen LogP contribution in [-0.2, 0) is 9.84 Å². The third kappa shape index (κ3) is 6.15. The van der Waals surface area contributed by atoms with Gasteiger partial charge in [0.15, 0.2) is 0 Å². The maximum Gasteiger partial charge on any atom is 0.148 e. The van der Waals surface area contributed by atoms with E-state index in [1.807, 2.05) is 25.2 Å². The highest BCUT2D eigenvalue weighted by atomic mass is 32.2. The van der Waals surface area contributed by atoms with Gasteiger partial charge in [-0.15, -0.1) is 0 Å². The summed E-state index contributed by atoms with van der Waals surface area (Å²) < 4.78 is 32.9. The van der Waals surface area contributed by atoms with E-state index in [-0.39, 0.29) is 11.8 Å². The van der Waals surface area contributed by atoms with Crippen LogP contribution in [0.3, 0.4) is 0 Å². The second kappa shape index (κ2) is 8.51. The Bertz CT molecular complexity index is 546. The first-order chi connectivity index (χ1) is 9.91. The molecule has 5 nitrogen and oxygen atoms in total. The van der Waals surface area contributed by atoms with E-state index >= 15 is 0 Å². The fourth-order valence-corrected chi connectivity index (χ4v) is 4.28. The summed E-state index contributed by atoms with van der Waals surface area (Å²) in [6, 6.07) is 5.74. The number of methoxy groups -OCH3 is 2. The molecule has 0 fully saturated rings. The summed E-state index contributed by atoms with van der Waals surface area (Å²) in [6.07, 6.45) is 1.26. The topological polar surface area (TPSA) is 64.6 Å². The van der Waals surface area contributed by atoms with E-state index in [0.29, 0.717) is 5.75 Å². The molecule has 0 aliphatic rings. The Morgan fingerprint density at radius 2 is 2.00 bits per heavy atom. The van der Waals surface area contributed by atoms with Crippen molar-refractivity contribution in [2.24, 2.45) is 0 Å². The fraction of sp³-hybridized carbons (Fsp3) is 0.571. The lowest BCUT2D eigenvalue weighted by Gasteiger charge is -2.20. The van der Waals surface area contributed by atoms with Gasteiger partial charge in [0.05, 0.1) is 20.0 Å². The Morgan fingerprint density at radius 1 is 1.29 bits per heavy atom. The third-order valence-corrected chi connectivity index (χ3v) is 5.31. The number of hydrogen-bond donors (Lipinski definition) is 1. The number of benzene rings is 1. The van der Waals surface area contributed by atoms with Crippen molar-refractivity contribution in [2.75, 3.05) is 44.8 Å². The van der Waals surface area contributed by atoms with Crippen molar-refractivity contribution in [3.8, 4) is 11.5 Å². The van der Waals surface area contributed by atoms with Gasteiger partial charge in [0, 0.05) is 29.4 Å². The number of thioether (sulfide) groups is 1. The van der Waals surface area contributed by atoms with Gasteiger partial charge in [-0.3, -0.25) is 0 Å². The molecule has 1 aromatic rings. The molecular formula is C14H23NO4S2. The molecule has 0 aliphatic heterocycles. The SMILES string of the molecule is CNC(CSCCS(C)(=O)=O)c1cc(OC)ccc1OC. The lowest BCUT2D eigenvalue weighted by molar-refractivity contribution is 0.394. The summed E-state index contributed by atoms with van der Waals surface area (Å²) in [5, 5.41) is 3.24. The van der Waals surface area contributed by atoms with Crippen molar-refractivity contribution in [1.29, 1.82) is 0 Å². The van der Waals surface area contributed by atoms with Gasteiger partial charge in [-0.1, -0.05) is 0 Å². The Kier molecular flexibility index (Phi) is 7.34. The van der Waals surface area contributed by atoms with Gasteiger partial charge in [0.2, 0.25) is 0 Å². The van der Waals surface area contributed by atoms with Gasteiger partial charge < -0.3 is 14.8 Å². The third-order valence-electron chi connectivity index (χ3n) is 3.04. The molecule has 0 saturated carbocycles. The first-order valence-corrected chi connectivity index (χ1v) is 9.77. The molecule has 0 amide bonds. The zero-order valence-corrected chi connectivity index (χ0v) is 14.5. The first-order valence-electron chi connectivity index (χ1n) is 6.56. The minimum atomic E-state index is -2.90. The van der Waals surface area contributed by atoms with Gasteiger partial charge in [0.1, 0.15) is 21.3 Å². The fourth-order valence-electron chi connectivity index (χ4n) is 1.85. The standard InChI is InChI=1S/C14H23NO4S2/c1-15-13(10-20-7-8-21(4,16)17)12-9-11(18-2)5-6-14(12)19-3/h5-6,9,13,15H,7-8,10H2,1-4H3. The maximum atomic E-state index is 11.1. The summed E-state index contributed by atoms with van der Waals surface area (Å²) in [5.41, 5.74) is 1.01. The smallest absolute Gasteiger partial charge is 0.148 e. The van der Waals surface area contributed by atoms with Crippen molar-refractivity contribution in [3.05, 3.63) is 23.8 Å². The minimum absolute atomic E-state index is 0.0691. The van der Waals surface area contributed by atoms with E-state index in [2.05, 4.69) is 5.32 Å². The zero-order valence-electron chi connectivity index (χ0n) is 12.9. The summed E-state index contributed by atoms with van der Waals surface area (Å²) >= 11 is 1.60. The molecule has 1 atom stereocenters. The van der Waals surface area contributed by atoms with Gasteiger partial charge in [0.25, 0.3) is 0 Å². The van der Waals surface area contributed by atoms with Crippen LogP contribution < -0.4 is 14.8 Å². The second-order valence-corrected chi connectivity index (χ2v) is 8.06. The van der Waals surface area contributed by atoms with E-state index < -0.39 is 9.84 Å². The van der Waals surface area contributed by atoms with Crippen LogP contribution in [0.4, 0.5) is 0 Å². The Balaban J connectivity index is 2.75. The van der Waals surface area contributed by atoms with Crippen molar-refractivity contribution in [3.63, 3.8) is 0 Å². The molecule has 0 spiro atoms. The van der Waals surface area contributed by atoms with Crippen LogP contribution in [-0.4, -0.2) is 53.2 Å². The van der Waals surface area contributed by atoms with Crippen LogP contribution in [0.15, 0.2) is 18.2 Å². The molecule has 0 saturated heterocycles. The average molecular weight is 333 g/mol. The van der Waals surface area contributed by atoms with Crippen LogP contribution in [0.2, 0.25) is 0 Å². The van der Waals surface area contributed by atoms with Gasteiger partial charge in [-0.05, 0) is 25.2 Å². The van der Waals surface area contributed by atoms with Crippen molar-refractivity contribution < 1.29 is 17.9 Å². The molecule has 21 heavy (non-hydrogen) atoms. The molecule has 0 radical (unpaired) electrons. The maximum absolute atomic E-state index is 11.1. The van der Waals surface area contributed by atoms with Crippen LogP contribution in [0.1, 0.15) is 11.6 Å². The van der Waals surface area contributed by atoms with Crippen LogP contribution >= 0.6 is 11.8 Å². The van der Waals surface area contributed by atoms with E-state index in [1.165, 1.54) is 6.26 Å². The van der Waals surface area contributed by atoms with Crippen molar-refractivity contribution in [2.45, 2.75) is 6.04 Å². The average Bonchev–Trinajstić information content (AvgIpc) is 2.45. The number of nitrogens with one attached hydrogen (secondary N) is 1. The van der Waals surface area contributed by atoms with E-state index in [4.69, 9.17) is 9.47 Å². The largest absolute Gasteiger partial charge is 0.497 e. The summed E-state index contributed by atoms with van der Waals surface area (Å²) in [5.74, 6) is 3.10. The molecular weight excluding hydrogens is 310 g/mol. The Labute approximate surface area is 131 Å². The number of hydrogen-bond acceptors (Lipinski definition) is 6. The molecule has 120 valence electrons. The predicted octanol–water partition coefficient (Wildman–Crippen LogP) is 1.74. The predicted molar refractivity (Wildman–Crippen MR) is 88.4 cm³/mol. The summed E-state index contributed by atoms with van der Waals surface area (Å²) in [6.45, 7) is 0. The number of ether oxygens (including phenoxy) is 2. The van der Waals surface area contributed by atoms with Crippen LogP contribution in [0.5, 0.6) is 11.5 Å². The van der Waals surface area contributed by atoms with Gasteiger partial charge >= 0.3 is 0 Å². The minimum Gasteiger partial charge on any atom is -0.497 e. The molecule has 1 rings (SSSR count). The lowest BCUT2D eigenvalue weighted by Crippen LogP contribution is -2.20. The van der Waals surface area contributed by atoms with E-state index in [9.17, 15) is 8.42 Å². The molecule has 0 aromatic heterocycles. The summed E-state index contributed by atoms with van der Waals surface area (Å²) in [7, 11) is 2.23. The molecule has 0 heterocycles. The molecule has 0 bridgehead atoms. The monoisotopic (exact) mass is 333 g/mol.